The van der Waals surface area contributed by atoms with Gasteiger partial charge in [0, 0.05) is 14.9 Å². The molecule has 0 atom stereocenters. The van der Waals surface area contributed by atoms with Crippen molar-refractivity contribution < 1.29 is 4.79 Å². The van der Waals surface area contributed by atoms with Crippen LogP contribution < -0.4 is 0 Å². The van der Waals surface area contributed by atoms with Crippen LogP contribution in [0.15, 0.2) is 34.1 Å². The molecule has 0 amide bonds. The molecule has 0 unspecified atom stereocenters. The summed E-state index contributed by atoms with van der Waals surface area (Å²) in [6.07, 6.45) is 0.771. The molecule has 15 heavy (non-hydrogen) atoms. The maximum atomic E-state index is 10.7. The fourth-order valence-electron chi connectivity index (χ4n) is 1.28. The van der Waals surface area contributed by atoms with Crippen molar-refractivity contribution >= 4 is 45.2 Å². The normalized spacial score (nSPS) is 10.3. The number of rotatable bonds is 2. The topological polar surface area (TPSA) is 17.1 Å². The summed E-state index contributed by atoms with van der Waals surface area (Å²) in [6, 6.07) is 7.43. The zero-order valence-corrected chi connectivity index (χ0v) is 10.7. The number of aldehydes is 1. The first-order valence-electron chi connectivity index (χ1n) is 4.20. The molecule has 0 aliphatic carbocycles. The zero-order chi connectivity index (χ0) is 10.8. The van der Waals surface area contributed by atoms with Gasteiger partial charge in [0.1, 0.15) is 0 Å². The van der Waals surface area contributed by atoms with E-state index in [2.05, 4.69) is 15.9 Å². The Hall–Kier alpha value is -0.640. The highest BCUT2D eigenvalue weighted by molar-refractivity contribution is 9.10. The van der Waals surface area contributed by atoms with Gasteiger partial charge in [-0.05, 0) is 45.1 Å². The summed E-state index contributed by atoms with van der Waals surface area (Å²) in [5, 5.41) is 2.48. The Balaban J connectivity index is 2.55. The van der Waals surface area contributed by atoms with E-state index >= 15 is 0 Å². The first kappa shape index (κ1) is 10.9. The molecule has 0 radical (unpaired) electrons. The van der Waals surface area contributed by atoms with Gasteiger partial charge in [0.25, 0.3) is 0 Å². The number of halogens is 2. The Morgan fingerprint density at radius 3 is 2.73 bits per heavy atom. The van der Waals surface area contributed by atoms with E-state index in [1.807, 2.05) is 17.5 Å². The second-order valence-corrected chi connectivity index (χ2v) is 5.13. The second-order valence-electron chi connectivity index (χ2n) is 2.95. The molecule has 1 nitrogen and oxygen atoms in total. The molecule has 4 heteroatoms. The van der Waals surface area contributed by atoms with Crippen molar-refractivity contribution in [3.8, 4) is 10.4 Å². The van der Waals surface area contributed by atoms with Crippen molar-refractivity contribution in [1.82, 2.24) is 0 Å². The van der Waals surface area contributed by atoms with Crippen molar-refractivity contribution in [3.63, 3.8) is 0 Å². The Bertz CT molecular complexity index is 507. The third-order valence-corrected chi connectivity index (χ3v) is 4.23. The average Bonchev–Trinajstić information content (AvgIpc) is 2.65. The SMILES string of the molecule is O=Cc1cc(-c2sccc2Br)ccc1Cl. The van der Waals surface area contributed by atoms with Gasteiger partial charge in [-0.25, -0.2) is 0 Å². The van der Waals surface area contributed by atoms with Gasteiger partial charge in [-0.1, -0.05) is 17.7 Å². The fraction of sp³-hybridized carbons (Fsp3) is 0. The molecular formula is C11H6BrClOS. The van der Waals surface area contributed by atoms with Crippen molar-refractivity contribution in [2.45, 2.75) is 0 Å². The molecule has 2 rings (SSSR count). The first-order chi connectivity index (χ1) is 7.22. The van der Waals surface area contributed by atoms with E-state index < -0.39 is 0 Å². The molecule has 0 N–H and O–H groups in total. The summed E-state index contributed by atoms with van der Waals surface area (Å²) in [6.45, 7) is 0. The van der Waals surface area contributed by atoms with Gasteiger partial charge in [0.2, 0.25) is 0 Å². The van der Waals surface area contributed by atoms with E-state index in [0.29, 0.717) is 10.6 Å². The predicted molar refractivity (Wildman–Crippen MR) is 67.9 cm³/mol. The van der Waals surface area contributed by atoms with Gasteiger partial charge in [-0.15, -0.1) is 11.3 Å². The molecule has 76 valence electrons. The molecule has 0 bridgehead atoms. The molecule has 0 saturated carbocycles. The van der Waals surface area contributed by atoms with Crippen LogP contribution in [0, 0.1) is 0 Å². The largest absolute Gasteiger partial charge is 0.298 e. The van der Waals surface area contributed by atoms with Crippen LogP contribution in [-0.4, -0.2) is 6.29 Å². The van der Waals surface area contributed by atoms with E-state index in [9.17, 15) is 4.79 Å². The van der Waals surface area contributed by atoms with E-state index in [-0.39, 0.29) is 0 Å². The lowest BCUT2D eigenvalue weighted by Gasteiger charge is -2.01. The molecule has 1 aromatic heterocycles. The van der Waals surface area contributed by atoms with Crippen molar-refractivity contribution in [3.05, 3.63) is 44.7 Å². The Morgan fingerprint density at radius 2 is 2.13 bits per heavy atom. The van der Waals surface area contributed by atoms with Gasteiger partial charge >= 0.3 is 0 Å². The van der Waals surface area contributed by atoms with E-state index in [4.69, 9.17) is 11.6 Å². The van der Waals surface area contributed by atoms with Crippen molar-refractivity contribution in [1.29, 1.82) is 0 Å². The molecule has 1 heterocycles. The molecule has 1 aromatic carbocycles. The number of carbonyl (C=O) groups excluding carboxylic acids is 1. The van der Waals surface area contributed by atoms with Gasteiger partial charge < -0.3 is 0 Å². The van der Waals surface area contributed by atoms with Crippen LogP contribution in [-0.2, 0) is 0 Å². The standard InChI is InChI=1S/C11H6BrClOS/c12-9-3-4-15-11(9)7-1-2-10(13)8(5-7)6-14/h1-6H. The van der Waals surface area contributed by atoms with E-state index in [1.165, 1.54) is 0 Å². The lowest BCUT2D eigenvalue weighted by molar-refractivity contribution is 0.112. The van der Waals surface area contributed by atoms with E-state index in [0.717, 1.165) is 21.2 Å². The maximum Gasteiger partial charge on any atom is 0.151 e. The highest BCUT2D eigenvalue weighted by Crippen LogP contribution is 2.34. The van der Waals surface area contributed by atoms with Crippen molar-refractivity contribution in [2.24, 2.45) is 0 Å². The summed E-state index contributed by atoms with van der Waals surface area (Å²) in [5.74, 6) is 0. The Labute approximate surface area is 105 Å². The highest BCUT2D eigenvalue weighted by Gasteiger charge is 2.07. The van der Waals surface area contributed by atoms with Crippen LogP contribution in [0.4, 0.5) is 0 Å². The fourth-order valence-corrected chi connectivity index (χ4v) is 3.04. The smallest absolute Gasteiger partial charge is 0.151 e. The third kappa shape index (κ3) is 2.14. The Morgan fingerprint density at radius 1 is 1.33 bits per heavy atom. The lowest BCUT2D eigenvalue weighted by Crippen LogP contribution is -1.83. The van der Waals surface area contributed by atoms with Crippen LogP contribution in [0.25, 0.3) is 10.4 Å². The molecular weight excluding hydrogens is 296 g/mol. The van der Waals surface area contributed by atoms with Crippen LogP contribution in [0.2, 0.25) is 5.02 Å². The molecule has 0 saturated heterocycles. The summed E-state index contributed by atoms with van der Waals surface area (Å²) in [5.41, 5.74) is 1.53. The third-order valence-electron chi connectivity index (χ3n) is 2.00. The average molecular weight is 302 g/mol. The minimum Gasteiger partial charge on any atom is -0.298 e. The summed E-state index contributed by atoms with van der Waals surface area (Å²) >= 11 is 10.9. The summed E-state index contributed by atoms with van der Waals surface area (Å²) in [4.78, 5) is 11.8. The van der Waals surface area contributed by atoms with Gasteiger partial charge in [-0.2, -0.15) is 0 Å². The van der Waals surface area contributed by atoms with Gasteiger partial charge in [-0.3, -0.25) is 4.79 Å². The summed E-state index contributed by atoms with van der Waals surface area (Å²) in [7, 11) is 0. The molecule has 0 aliphatic rings. The quantitative estimate of drug-likeness (QED) is 0.738. The summed E-state index contributed by atoms with van der Waals surface area (Å²) < 4.78 is 1.03. The van der Waals surface area contributed by atoms with Crippen LogP contribution >= 0.6 is 38.9 Å². The minimum atomic E-state index is 0.487. The van der Waals surface area contributed by atoms with Crippen LogP contribution in [0.3, 0.4) is 0 Å². The molecule has 0 aliphatic heterocycles. The predicted octanol–water partition coefficient (Wildman–Crippen LogP) is 4.64. The number of hydrogen-bond acceptors (Lipinski definition) is 2. The number of carbonyl (C=O) groups is 1. The van der Waals surface area contributed by atoms with Crippen molar-refractivity contribution in [2.75, 3.05) is 0 Å². The highest BCUT2D eigenvalue weighted by atomic mass is 79.9. The van der Waals surface area contributed by atoms with Gasteiger partial charge in [0.05, 0.1) is 5.02 Å². The minimum absolute atomic E-state index is 0.487. The Kier molecular flexibility index (Phi) is 3.24. The lowest BCUT2D eigenvalue weighted by atomic mass is 10.1. The zero-order valence-electron chi connectivity index (χ0n) is 7.54. The van der Waals surface area contributed by atoms with Gasteiger partial charge in [0.15, 0.2) is 6.29 Å². The maximum absolute atomic E-state index is 10.7. The van der Waals surface area contributed by atoms with Crippen LogP contribution in [0.5, 0.6) is 0 Å². The number of benzene rings is 1. The number of hydrogen-bond donors (Lipinski definition) is 0. The van der Waals surface area contributed by atoms with Crippen LogP contribution in [0.1, 0.15) is 10.4 Å². The molecule has 0 spiro atoms. The molecule has 2 aromatic rings. The number of thiophene rings is 1. The first-order valence-corrected chi connectivity index (χ1v) is 6.25. The second kappa shape index (κ2) is 4.47. The molecule has 0 fully saturated rings. The monoisotopic (exact) mass is 300 g/mol. The van der Waals surface area contributed by atoms with E-state index in [1.54, 1.807) is 23.5 Å².